The normalized spacial score (nSPS) is 16.3. The highest BCUT2D eigenvalue weighted by Gasteiger charge is 2.30. The van der Waals surface area contributed by atoms with Crippen molar-refractivity contribution in [3.05, 3.63) is 161 Å². The third kappa shape index (κ3) is 13.7. The number of rotatable bonds is 14. The Balaban J connectivity index is 1.29. The van der Waals surface area contributed by atoms with E-state index >= 15 is 0 Å². The predicted octanol–water partition coefficient (Wildman–Crippen LogP) is 6.57. The van der Waals surface area contributed by atoms with Crippen LogP contribution in [0.1, 0.15) is 47.1 Å². The van der Waals surface area contributed by atoms with Crippen LogP contribution in [0.5, 0.6) is 5.75 Å². The third-order valence-corrected chi connectivity index (χ3v) is 10.1. The minimum absolute atomic E-state index is 0.0297. The van der Waals surface area contributed by atoms with Crippen molar-refractivity contribution in [1.29, 1.82) is 0 Å². The molecule has 13 nitrogen and oxygen atoms in total. The monoisotopic (exact) mass is 826 g/mol. The maximum atomic E-state index is 14.5. The average Bonchev–Trinajstić information content (AvgIpc) is 3.28. The first-order valence-corrected chi connectivity index (χ1v) is 20.2. The Kier molecular flexibility index (Phi) is 15.9. The minimum atomic E-state index is -1.23. The van der Waals surface area contributed by atoms with Crippen molar-refractivity contribution >= 4 is 30.0 Å². The number of hydrogen-bond donors (Lipinski definition) is 4. The summed E-state index contributed by atoms with van der Waals surface area (Å²) in [7, 11) is 1.28. The molecule has 6 rings (SSSR count). The van der Waals surface area contributed by atoms with Gasteiger partial charge in [-0.1, -0.05) is 121 Å². The topological polar surface area (TPSA) is 170 Å². The van der Waals surface area contributed by atoms with Crippen molar-refractivity contribution in [2.45, 2.75) is 70.1 Å². The maximum Gasteiger partial charge on any atom is 0.408 e. The minimum Gasteiger partial charge on any atom is -0.489 e. The van der Waals surface area contributed by atoms with Gasteiger partial charge in [-0.15, -0.1) is 0 Å². The molecule has 1 heterocycles. The van der Waals surface area contributed by atoms with Crippen molar-refractivity contribution in [2.24, 2.45) is 0 Å². The van der Waals surface area contributed by atoms with E-state index in [0.717, 1.165) is 33.4 Å². The second-order valence-electron chi connectivity index (χ2n) is 14.6. The highest BCUT2D eigenvalue weighted by molar-refractivity contribution is 5.92. The molecule has 5 aromatic rings. The smallest absolute Gasteiger partial charge is 0.408 e. The SMILES string of the molecule is COC(=O)C[C@@H]1Cc2cccc(c2)-c2ccc(OCc3ccccc3)c(c2)C[C@H](NC(=O)OCc2ccccc2)C(=O)N[C@@H](CCCNC(=O)OCc2ccccc2)C(=O)N1. The molecule has 0 saturated heterocycles. The summed E-state index contributed by atoms with van der Waals surface area (Å²) in [6.07, 6.45) is -0.996. The summed E-state index contributed by atoms with van der Waals surface area (Å²) in [6, 6.07) is 38.4. The third-order valence-electron chi connectivity index (χ3n) is 10.1. The fourth-order valence-corrected chi connectivity index (χ4v) is 6.87. The van der Waals surface area contributed by atoms with E-state index in [0.29, 0.717) is 11.3 Å². The Hall–Kier alpha value is -7.15. The molecule has 0 unspecified atom stereocenters. The number of benzene rings is 5. The van der Waals surface area contributed by atoms with Crippen molar-refractivity contribution in [3.63, 3.8) is 0 Å². The van der Waals surface area contributed by atoms with Gasteiger partial charge in [0.25, 0.3) is 0 Å². The number of methoxy groups -OCH3 is 1. The fourth-order valence-electron chi connectivity index (χ4n) is 6.87. The first-order chi connectivity index (χ1) is 29.7. The quantitative estimate of drug-likeness (QED) is 0.0550. The van der Waals surface area contributed by atoms with Gasteiger partial charge in [0.05, 0.1) is 13.5 Å². The lowest BCUT2D eigenvalue weighted by Gasteiger charge is -2.26. The van der Waals surface area contributed by atoms with Crippen LogP contribution in [0.4, 0.5) is 9.59 Å². The van der Waals surface area contributed by atoms with Crippen molar-refractivity contribution < 1.29 is 42.9 Å². The zero-order chi connectivity index (χ0) is 42.8. The summed E-state index contributed by atoms with van der Waals surface area (Å²) >= 11 is 0. The van der Waals surface area contributed by atoms with Crippen LogP contribution in [0, 0.1) is 0 Å². The Bertz CT molecular complexity index is 2240. The van der Waals surface area contributed by atoms with E-state index in [-0.39, 0.29) is 58.5 Å². The molecule has 4 N–H and O–H groups in total. The maximum absolute atomic E-state index is 14.5. The number of carbonyl (C=O) groups is 5. The number of nitrogens with one attached hydrogen (secondary N) is 4. The Morgan fingerprint density at radius 1 is 0.656 bits per heavy atom. The van der Waals surface area contributed by atoms with Gasteiger partial charge < -0.3 is 40.2 Å². The summed E-state index contributed by atoms with van der Waals surface area (Å²) in [4.78, 5) is 67.2. The van der Waals surface area contributed by atoms with Crippen LogP contribution in [0.15, 0.2) is 133 Å². The van der Waals surface area contributed by atoms with E-state index in [4.69, 9.17) is 18.9 Å². The molecular formula is C48H50N4O9. The summed E-state index contributed by atoms with van der Waals surface area (Å²) < 4.78 is 22.2. The van der Waals surface area contributed by atoms with Gasteiger partial charge in [0.15, 0.2) is 0 Å². The molecule has 316 valence electrons. The summed E-state index contributed by atoms with van der Waals surface area (Å²) in [5, 5.41) is 11.3. The van der Waals surface area contributed by atoms with E-state index in [1.165, 1.54) is 7.11 Å². The molecule has 0 saturated carbocycles. The standard InChI is InChI=1S/C48H50N4O9/c1-58-44(53)29-40-26-36-19-11-20-37(25-36)38-22-23-43(59-30-33-13-5-2-6-14-33)39(27-38)28-42(52-48(57)61-32-35-17-9-4-10-18-35)46(55)51-41(45(54)50-40)21-12-24-49-47(56)60-31-34-15-7-3-8-16-34/h2-11,13-20,22-23,25,27,40-42H,12,21,24,26,28-32H2,1H3,(H,49,56)(H,50,54)(H,51,55)(H,52,57)/t40-,41-,42-/m0/s1. The number of alkyl carbamates (subject to hydrolysis) is 2. The molecule has 0 radical (unpaired) electrons. The number of esters is 1. The predicted molar refractivity (Wildman–Crippen MR) is 228 cm³/mol. The molecule has 1 aliphatic heterocycles. The highest BCUT2D eigenvalue weighted by Crippen LogP contribution is 2.30. The van der Waals surface area contributed by atoms with Crippen LogP contribution in [0.3, 0.4) is 0 Å². The second-order valence-corrected chi connectivity index (χ2v) is 14.6. The van der Waals surface area contributed by atoms with E-state index in [1.807, 2.05) is 133 Å². The molecule has 61 heavy (non-hydrogen) atoms. The molecule has 5 aromatic carbocycles. The summed E-state index contributed by atoms with van der Waals surface area (Å²) in [5.41, 5.74) is 5.68. The fraction of sp³-hybridized carbons (Fsp3) is 0.271. The number of fused-ring (bicyclic) bond motifs is 5. The number of carbonyl (C=O) groups excluding carboxylic acids is 5. The zero-order valence-electron chi connectivity index (χ0n) is 34.0. The van der Waals surface area contributed by atoms with Gasteiger partial charge in [-0.2, -0.15) is 0 Å². The van der Waals surface area contributed by atoms with Gasteiger partial charge in [-0.05, 0) is 70.3 Å². The van der Waals surface area contributed by atoms with Gasteiger partial charge in [0.2, 0.25) is 11.8 Å². The Labute approximate surface area is 355 Å². The van der Waals surface area contributed by atoms with Gasteiger partial charge in [0.1, 0.15) is 37.7 Å². The van der Waals surface area contributed by atoms with Crippen LogP contribution in [-0.4, -0.2) is 61.8 Å². The molecule has 0 spiro atoms. The zero-order valence-corrected chi connectivity index (χ0v) is 34.0. The molecule has 0 fully saturated rings. The number of ether oxygens (including phenoxy) is 4. The van der Waals surface area contributed by atoms with Crippen LogP contribution in [0.2, 0.25) is 0 Å². The largest absolute Gasteiger partial charge is 0.489 e. The van der Waals surface area contributed by atoms with Crippen molar-refractivity contribution in [2.75, 3.05) is 13.7 Å². The molecule has 3 atom stereocenters. The molecular weight excluding hydrogens is 777 g/mol. The average molecular weight is 827 g/mol. The van der Waals surface area contributed by atoms with E-state index in [9.17, 15) is 24.0 Å². The highest BCUT2D eigenvalue weighted by atomic mass is 16.6. The molecule has 13 heteroatoms. The molecule has 0 aromatic heterocycles. The van der Waals surface area contributed by atoms with E-state index in [2.05, 4.69) is 21.3 Å². The van der Waals surface area contributed by atoms with Gasteiger partial charge in [-0.3, -0.25) is 14.4 Å². The van der Waals surface area contributed by atoms with Gasteiger partial charge >= 0.3 is 18.2 Å². The van der Waals surface area contributed by atoms with E-state index < -0.39 is 48.1 Å². The lowest BCUT2D eigenvalue weighted by molar-refractivity contribution is -0.141. The lowest BCUT2D eigenvalue weighted by Crippen LogP contribution is -2.56. The second kappa shape index (κ2) is 22.3. The van der Waals surface area contributed by atoms with Gasteiger partial charge in [0, 0.05) is 19.0 Å². The first-order valence-electron chi connectivity index (χ1n) is 20.2. The molecule has 4 bridgehead atoms. The van der Waals surface area contributed by atoms with Crippen molar-refractivity contribution in [1.82, 2.24) is 21.3 Å². The van der Waals surface area contributed by atoms with Crippen LogP contribution in [0.25, 0.3) is 11.1 Å². The molecule has 1 aliphatic rings. The molecule has 0 aliphatic carbocycles. The first kappa shape index (κ1) is 43.4. The number of amides is 4. The van der Waals surface area contributed by atoms with Crippen LogP contribution >= 0.6 is 0 Å². The molecule has 4 amide bonds. The van der Waals surface area contributed by atoms with E-state index in [1.54, 1.807) is 0 Å². The van der Waals surface area contributed by atoms with Gasteiger partial charge in [-0.25, -0.2) is 9.59 Å². The van der Waals surface area contributed by atoms with Crippen LogP contribution < -0.4 is 26.0 Å². The Morgan fingerprint density at radius 3 is 1.93 bits per heavy atom. The Morgan fingerprint density at radius 2 is 1.28 bits per heavy atom. The van der Waals surface area contributed by atoms with Crippen LogP contribution in [-0.2, 0) is 61.3 Å². The number of hydrogen-bond acceptors (Lipinski definition) is 9. The summed E-state index contributed by atoms with van der Waals surface area (Å²) in [5.74, 6) is -1.24. The summed E-state index contributed by atoms with van der Waals surface area (Å²) in [6.45, 7) is 0.436. The van der Waals surface area contributed by atoms with Crippen molar-refractivity contribution in [3.8, 4) is 16.9 Å². The lowest BCUT2D eigenvalue weighted by atomic mass is 9.95.